The molecule has 8 rings (SSSR count). The standard InChI is InChI=1S/C39H32N4O2/c1-24-22-28(18-20-30(24)36-40-41-37(44-36)34-16-8-12-26-10-4-6-14-32(26)34)29-19-21-31(25(2)23-29)39-43(3)42-38(45-39)35-17-9-13-27-11-5-7-15-33(27)35/h4-12,14-23,27,39H,13H2,1-3H3. The summed E-state index contributed by atoms with van der Waals surface area (Å²) in [6.07, 6.45) is 13.7. The second-order valence-electron chi connectivity index (χ2n) is 11.8. The van der Waals surface area contributed by atoms with Crippen molar-refractivity contribution in [1.82, 2.24) is 15.2 Å². The third kappa shape index (κ3) is 4.79. The molecule has 5 aromatic rings. The van der Waals surface area contributed by atoms with E-state index in [0.717, 1.165) is 61.7 Å². The lowest BCUT2D eigenvalue weighted by Gasteiger charge is -2.23. The number of aromatic nitrogens is 2. The van der Waals surface area contributed by atoms with Crippen molar-refractivity contribution >= 4 is 16.7 Å². The number of nitrogens with zero attached hydrogens (tertiary/aromatic N) is 4. The van der Waals surface area contributed by atoms with Gasteiger partial charge in [0.2, 0.25) is 23.9 Å². The molecule has 3 aliphatic rings. The molecule has 2 heterocycles. The highest BCUT2D eigenvalue weighted by molar-refractivity contribution is 5.99. The molecule has 220 valence electrons. The molecule has 0 amide bonds. The Labute approximate surface area is 262 Å². The summed E-state index contributed by atoms with van der Waals surface area (Å²) in [6, 6.07) is 27.2. The summed E-state index contributed by atoms with van der Waals surface area (Å²) < 4.78 is 12.7. The first-order valence-electron chi connectivity index (χ1n) is 15.3. The highest BCUT2D eigenvalue weighted by Crippen LogP contribution is 2.38. The second kappa shape index (κ2) is 10.9. The maximum absolute atomic E-state index is 6.50. The van der Waals surface area contributed by atoms with E-state index in [9.17, 15) is 0 Å². The van der Waals surface area contributed by atoms with Crippen molar-refractivity contribution in [2.45, 2.75) is 26.5 Å². The minimum atomic E-state index is -0.281. The van der Waals surface area contributed by atoms with Gasteiger partial charge < -0.3 is 9.15 Å². The zero-order valence-electron chi connectivity index (χ0n) is 25.4. The summed E-state index contributed by atoms with van der Waals surface area (Å²) >= 11 is 0. The summed E-state index contributed by atoms with van der Waals surface area (Å²) in [5.74, 6) is 2.09. The van der Waals surface area contributed by atoms with Crippen LogP contribution in [0.5, 0.6) is 0 Å². The topological polar surface area (TPSA) is 63.8 Å². The van der Waals surface area contributed by atoms with Crippen molar-refractivity contribution < 1.29 is 9.15 Å². The summed E-state index contributed by atoms with van der Waals surface area (Å²) in [5.41, 5.74) is 9.77. The number of allylic oxidation sites excluding steroid dienone is 6. The van der Waals surface area contributed by atoms with Crippen molar-refractivity contribution in [3.05, 3.63) is 143 Å². The van der Waals surface area contributed by atoms with Gasteiger partial charge in [0.15, 0.2) is 0 Å². The van der Waals surface area contributed by atoms with Gasteiger partial charge in [-0.1, -0.05) is 103 Å². The molecule has 45 heavy (non-hydrogen) atoms. The van der Waals surface area contributed by atoms with E-state index >= 15 is 0 Å². The van der Waals surface area contributed by atoms with Gasteiger partial charge in [-0.05, 0) is 71.0 Å². The molecular formula is C39H32N4O2. The number of rotatable bonds is 5. The maximum Gasteiger partial charge on any atom is 0.248 e. The lowest BCUT2D eigenvalue weighted by atomic mass is 9.84. The van der Waals surface area contributed by atoms with Crippen molar-refractivity contribution in [3.8, 4) is 34.0 Å². The predicted octanol–water partition coefficient (Wildman–Crippen LogP) is 9.11. The quantitative estimate of drug-likeness (QED) is 0.205. The molecule has 0 N–H and O–H groups in total. The van der Waals surface area contributed by atoms with Gasteiger partial charge in [-0.2, -0.15) is 0 Å². The van der Waals surface area contributed by atoms with Crippen LogP contribution >= 0.6 is 0 Å². The lowest BCUT2D eigenvalue weighted by Crippen LogP contribution is -2.18. The summed E-state index contributed by atoms with van der Waals surface area (Å²) in [6.45, 7) is 4.22. The molecule has 4 aromatic carbocycles. The van der Waals surface area contributed by atoms with E-state index in [0.29, 0.717) is 23.6 Å². The summed E-state index contributed by atoms with van der Waals surface area (Å²) in [7, 11) is 1.97. The van der Waals surface area contributed by atoms with Crippen molar-refractivity contribution in [2.75, 3.05) is 7.05 Å². The third-order valence-corrected chi connectivity index (χ3v) is 8.93. The number of fused-ring (bicyclic) bond motifs is 2. The molecule has 0 bridgehead atoms. The average Bonchev–Trinajstić information content (AvgIpc) is 3.71. The van der Waals surface area contributed by atoms with Crippen LogP contribution in [0.1, 0.15) is 29.3 Å². The van der Waals surface area contributed by atoms with E-state index in [1.807, 2.05) is 36.3 Å². The number of hydrazone groups is 1. The van der Waals surface area contributed by atoms with Crippen molar-refractivity contribution in [3.63, 3.8) is 0 Å². The van der Waals surface area contributed by atoms with E-state index in [4.69, 9.17) is 14.3 Å². The first-order valence-corrected chi connectivity index (χ1v) is 15.3. The van der Waals surface area contributed by atoms with Crippen molar-refractivity contribution in [1.29, 1.82) is 0 Å². The molecule has 2 unspecified atom stereocenters. The molecule has 0 spiro atoms. The van der Waals surface area contributed by atoms with Crippen LogP contribution in [-0.2, 0) is 4.74 Å². The third-order valence-electron chi connectivity index (χ3n) is 8.93. The number of ether oxygens (including phenoxy) is 1. The zero-order chi connectivity index (χ0) is 30.5. The van der Waals surface area contributed by atoms with Gasteiger partial charge in [-0.25, -0.2) is 0 Å². The molecular weight excluding hydrogens is 556 g/mol. The van der Waals surface area contributed by atoms with Gasteiger partial charge in [0.1, 0.15) is 0 Å². The minimum Gasteiger partial charge on any atom is -0.446 e. The largest absolute Gasteiger partial charge is 0.446 e. The number of hydrogen-bond acceptors (Lipinski definition) is 6. The lowest BCUT2D eigenvalue weighted by molar-refractivity contribution is 0.0773. The Kier molecular flexibility index (Phi) is 6.56. The van der Waals surface area contributed by atoms with Crippen LogP contribution in [0, 0.1) is 19.8 Å². The molecule has 0 saturated carbocycles. The molecule has 2 atom stereocenters. The Balaban J connectivity index is 1.03. The van der Waals surface area contributed by atoms with Gasteiger partial charge in [0.05, 0.1) is 0 Å². The Morgan fingerprint density at radius 2 is 1.56 bits per heavy atom. The maximum atomic E-state index is 6.50. The highest BCUT2D eigenvalue weighted by atomic mass is 16.5. The van der Waals surface area contributed by atoms with E-state index in [-0.39, 0.29) is 6.23 Å². The minimum absolute atomic E-state index is 0.281. The van der Waals surface area contributed by atoms with Crippen LogP contribution in [0.15, 0.2) is 136 Å². The molecule has 2 aliphatic carbocycles. The van der Waals surface area contributed by atoms with Crippen LogP contribution in [0.25, 0.3) is 44.8 Å². The Bertz CT molecular complexity index is 2120. The number of benzene rings is 4. The number of hydrogen-bond donors (Lipinski definition) is 0. The molecule has 6 heteroatoms. The fraction of sp³-hybridized carbons (Fsp3) is 0.154. The highest BCUT2D eigenvalue weighted by Gasteiger charge is 2.32. The molecule has 0 radical (unpaired) electrons. The molecule has 0 saturated heterocycles. The number of aryl methyl sites for hydroxylation is 2. The zero-order valence-corrected chi connectivity index (χ0v) is 25.4. The SMILES string of the molecule is Cc1cc(-c2ccc(C3OC(C4=C5C=CC=CC5CC=C4)=NN3C)c(C)c2)ccc1-c1nnc(-c2cccc3ccccc23)o1. The van der Waals surface area contributed by atoms with Crippen LogP contribution in [0.4, 0.5) is 0 Å². The smallest absolute Gasteiger partial charge is 0.248 e. The molecule has 6 nitrogen and oxygen atoms in total. The van der Waals surface area contributed by atoms with Crippen molar-refractivity contribution in [2.24, 2.45) is 11.0 Å². The Morgan fingerprint density at radius 1 is 0.778 bits per heavy atom. The predicted molar refractivity (Wildman–Crippen MR) is 179 cm³/mol. The summed E-state index contributed by atoms with van der Waals surface area (Å²) in [4.78, 5) is 0. The van der Waals surface area contributed by atoms with E-state index < -0.39 is 0 Å². The fourth-order valence-electron chi connectivity index (χ4n) is 6.56. The van der Waals surface area contributed by atoms with Crippen LogP contribution in [0.2, 0.25) is 0 Å². The summed E-state index contributed by atoms with van der Waals surface area (Å²) in [5, 5.41) is 17.8. The first-order chi connectivity index (χ1) is 22.0. The molecule has 1 aromatic heterocycles. The fourth-order valence-corrected chi connectivity index (χ4v) is 6.56. The van der Waals surface area contributed by atoms with E-state index in [1.54, 1.807) is 0 Å². The van der Waals surface area contributed by atoms with Crippen LogP contribution in [0.3, 0.4) is 0 Å². The van der Waals surface area contributed by atoms with Gasteiger partial charge in [-0.15, -0.1) is 15.3 Å². The first kappa shape index (κ1) is 27.1. The second-order valence-corrected chi connectivity index (χ2v) is 11.8. The monoisotopic (exact) mass is 588 g/mol. The molecule has 1 aliphatic heterocycles. The van der Waals surface area contributed by atoms with Gasteiger partial charge in [-0.3, -0.25) is 5.01 Å². The average molecular weight is 589 g/mol. The van der Waals surface area contributed by atoms with Gasteiger partial charge >= 0.3 is 0 Å². The van der Waals surface area contributed by atoms with Crippen LogP contribution in [-0.4, -0.2) is 28.2 Å². The Hall–Kier alpha value is -5.49. The van der Waals surface area contributed by atoms with Crippen LogP contribution < -0.4 is 0 Å². The molecule has 0 fully saturated rings. The Morgan fingerprint density at radius 3 is 2.40 bits per heavy atom. The van der Waals surface area contributed by atoms with Gasteiger partial charge in [0, 0.05) is 35.2 Å². The van der Waals surface area contributed by atoms with E-state index in [1.165, 1.54) is 5.57 Å². The van der Waals surface area contributed by atoms with E-state index in [2.05, 4.69) is 115 Å². The van der Waals surface area contributed by atoms with Gasteiger partial charge in [0.25, 0.3) is 0 Å². The normalized spacial score (nSPS) is 18.8.